The lowest BCUT2D eigenvalue weighted by molar-refractivity contribution is -0.116. The monoisotopic (exact) mass is 457 g/mol. The number of hydrogen-bond donors (Lipinski definition) is 1. The van der Waals surface area contributed by atoms with Gasteiger partial charge in [0, 0.05) is 31.6 Å². The molecule has 0 spiro atoms. The molecule has 2 aliphatic rings. The van der Waals surface area contributed by atoms with E-state index in [2.05, 4.69) is 22.3 Å². The Balaban J connectivity index is 1.46. The van der Waals surface area contributed by atoms with Gasteiger partial charge in [-0.05, 0) is 36.8 Å². The lowest BCUT2D eigenvalue weighted by Crippen LogP contribution is -2.43. The van der Waals surface area contributed by atoms with Gasteiger partial charge in [0.2, 0.25) is 15.9 Å². The van der Waals surface area contributed by atoms with Crippen molar-refractivity contribution in [2.75, 3.05) is 42.9 Å². The van der Waals surface area contributed by atoms with E-state index in [4.69, 9.17) is 4.74 Å². The minimum Gasteiger partial charge on any atom is -0.379 e. The Morgan fingerprint density at radius 3 is 2.47 bits per heavy atom. The van der Waals surface area contributed by atoms with E-state index < -0.39 is 15.9 Å². The van der Waals surface area contributed by atoms with Crippen molar-refractivity contribution in [2.24, 2.45) is 0 Å². The number of aryl methyl sites for hydroxylation is 1. The molecule has 8 nitrogen and oxygen atoms in total. The molecule has 2 heterocycles. The van der Waals surface area contributed by atoms with Crippen LogP contribution >= 0.6 is 0 Å². The average molecular weight is 458 g/mol. The summed E-state index contributed by atoms with van der Waals surface area (Å²) in [7, 11) is -3.62. The number of benzene rings is 2. The third-order valence-corrected chi connectivity index (χ3v) is 7.50. The van der Waals surface area contributed by atoms with Crippen LogP contribution in [0.1, 0.15) is 33.9 Å². The van der Waals surface area contributed by atoms with Crippen LogP contribution < -0.4 is 9.62 Å². The first-order valence-electron chi connectivity index (χ1n) is 10.7. The Hall–Kier alpha value is -2.75. The maximum Gasteiger partial charge on any atom is 0.251 e. The number of ether oxygens (including phenoxy) is 1. The molecule has 32 heavy (non-hydrogen) atoms. The highest BCUT2D eigenvalue weighted by Gasteiger charge is 2.36. The average Bonchev–Trinajstić information content (AvgIpc) is 3.07. The van der Waals surface area contributed by atoms with E-state index in [0.29, 0.717) is 25.3 Å². The fourth-order valence-corrected chi connectivity index (χ4v) is 5.59. The summed E-state index contributed by atoms with van der Waals surface area (Å²) in [5.74, 6) is -0.887. The number of morpholine rings is 1. The molecule has 4 rings (SSSR count). The second-order valence-corrected chi connectivity index (χ2v) is 10.00. The van der Waals surface area contributed by atoms with Gasteiger partial charge in [-0.1, -0.05) is 29.8 Å². The van der Waals surface area contributed by atoms with E-state index in [-0.39, 0.29) is 29.8 Å². The molecule has 2 aromatic rings. The molecule has 0 aliphatic carbocycles. The molecule has 2 fully saturated rings. The molecule has 0 radical (unpaired) electrons. The highest BCUT2D eigenvalue weighted by atomic mass is 32.2. The second-order valence-electron chi connectivity index (χ2n) is 8.06. The number of sulfonamides is 1. The van der Waals surface area contributed by atoms with Crippen LogP contribution in [0.15, 0.2) is 48.5 Å². The van der Waals surface area contributed by atoms with Crippen LogP contribution in [0.25, 0.3) is 0 Å². The van der Waals surface area contributed by atoms with Crippen LogP contribution in [-0.2, 0) is 19.6 Å². The Morgan fingerprint density at radius 2 is 1.84 bits per heavy atom. The highest BCUT2D eigenvalue weighted by Crippen LogP contribution is 2.26. The first kappa shape index (κ1) is 22.4. The number of carbonyl (C=O) groups excluding carboxylic acids is 2. The van der Waals surface area contributed by atoms with Crippen molar-refractivity contribution in [3.05, 3.63) is 65.2 Å². The summed E-state index contributed by atoms with van der Waals surface area (Å²) >= 11 is 0. The quantitative estimate of drug-likeness (QED) is 0.712. The Kier molecular flexibility index (Phi) is 6.59. The van der Waals surface area contributed by atoms with Gasteiger partial charge in [0.15, 0.2) is 0 Å². The van der Waals surface area contributed by atoms with Gasteiger partial charge in [-0.25, -0.2) is 12.7 Å². The van der Waals surface area contributed by atoms with Crippen molar-refractivity contribution >= 4 is 27.5 Å². The van der Waals surface area contributed by atoms with Gasteiger partial charge in [0.25, 0.3) is 5.91 Å². The fraction of sp³-hybridized carbons (Fsp3) is 0.391. The summed E-state index contributed by atoms with van der Waals surface area (Å²) in [5, 5.41) is 3.01. The lowest BCUT2D eigenvalue weighted by Gasteiger charge is -2.35. The molecule has 0 bridgehead atoms. The van der Waals surface area contributed by atoms with Crippen LogP contribution in [0.4, 0.5) is 5.69 Å². The van der Waals surface area contributed by atoms with E-state index in [1.165, 1.54) is 12.1 Å². The fourth-order valence-electron chi connectivity index (χ4n) is 4.13. The van der Waals surface area contributed by atoms with E-state index >= 15 is 0 Å². The SMILES string of the molecule is Cc1cccc([C@H](CNC(=O)c2ccc(N3C(=O)CCS3(=O)=O)cc2)N2CCOCC2)c1. The maximum absolute atomic E-state index is 12.8. The standard InChI is InChI=1S/C23H27N3O5S/c1-17-3-2-4-19(15-17)21(25-10-12-31-13-11-25)16-24-23(28)18-5-7-20(8-6-18)26-22(27)9-14-32(26,29)30/h2-8,15,21H,9-14,16H2,1H3,(H,24,28)/t21-/m0/s1. The zero-order valence-electron chi connectivity index (χ0n) is 18.0. The van der Waals surface area contributed by atoms with Crippen LogP contribution in [0, 0.1) is 6.92 Å². The van der Waals surface area contributed by atoms with Crippen molar-refractivity contribution in [1.29, 1.82) is 0 Å². The van der Waals surface area contributed by atoms with Crippen molar-refractivity contribution in [3.8, 4) is 0 Å². The number of anilines is 1. The lowest BCUT2D eigenvalue weighted by atomic mass is 10.0. The summed E-state index contributed by atoms with van der Waals surface area (Å²) < 4.78 is 30.5. The van der Waals surface area contributed by atoms with E-state index in [1.54, 1.807) is 12.1 Å². The molecule has 170 valence electrons. The molecule has 2 amide bonds. The van der Waals surface area contributed by atoms with Crippen molar-refractivity contribution in [1.82, 2.24) is 10.2 Å². The normalized spacial score (nSPS) is 19.7. The minimum absolute atomic E-state index is 0.0214. The molecule has 2 aromatic carbocycles. The first-order valence-corrected chi connectivity index (χ1v) is 12.3. The van der Waals surface area contributed by atoms with Crippen LogP contribution in [0.2, 0.25) is 0 Å². The molecule has 2 saturated heterocycles. The Morgan fingerprint density at radius 1 is 1.12 bits per heavy atom. The van der Waals surface area contributed by atoms with Crippen LogP contribution in [0.5, 0.6) is 0 Å². The zero-order chi connectivity index (χ0) is 22.7. The Labute approximate surface area is 188 Å². The van der Waals surface area contributed by atoms with Gasteiger partial charge in [0.1, 0.15) is 0 Å². The predicted molar refractivity (Wildman–Crippen MR) is 121 cm³/mol. The summed E-state index contributed by atoms with van der Waals surface area (Å²) in [6, 6.07) is 14.4. The smallest absolute Gasteiger partial charge is 0.251 e. The van der Waals surface area contributed by atoms with Crippen molar-refractivity contribution in [2.45, 2.75) is 19.4 Å². The van der Waals surface area contributed by atoms with Crippen LogP contribution in [-0.4, -0.2) is 63.7 Å². The molecule has 0 unspecified atom stereocenters. The molecule has 2 aliphatic heterocycles. The summed E-state index contributed by atoms with van der Waals surface area (Å²) in [5.41, 5.74) is 2.96. The predicted octanol–water partition coefficient (Wildman–Crippen LogP) is 1.86. The molecular weight excluding hydrogens is 430 g/mol. The number of carbonyl (C=O) groups is 2. The minimum atomic E-state index is -3.62. The van der Waals surface area contributed by atoms with E-state index in [1.807, 2.05) is 19.1 Å². The number of hydrogen-bond acceptors (Lipinski definition) is 6. The molecule has 0 saturated carbocycles. The number of nitrogens with one attached hydrogen (secondary N) is 1. The van der Waals surface area contributed by atoms with Gasteiger partial charge in [0.05, 0.1) is 30.7 Å². The third-order valence-electron chi connectivity index (χ3n) is 5.81. The van der Waals surface area contributed by atoms with Crippen molar-refractivity contribution in [3.63, 3.8) is 0 Å². The molecular formula is C23H27N3O5S. The van der Waals surface area contributed by atoms with Gasteiger partial charge in [-0.3, -0.25) is 14.5 Å². The second kappa shape index (κ2) is 9.40. The van der Waals surface area contributed by atoms with Gasteiger partial charge >= 0.3 is 0 Å². The van der Waals surface area contributed by atoms with Crippen molar-refractivity contribution < 1.29 is 22.7 Å². The summed E-state index contributed by atoms with van der Waals surface area (Å²) in [6.45, 7) is 5.39. The van der Waals surface area contributed by atoms with E-state index in [0.717, 1.165) is 28.5 Å². The number of rotatable bonds is 6. The van der Waals surface area contributed by atoms with Crippen LogP contribution in [0.3, 0.4) is 0 Å². The Bertz CT molecular complexity index is 1090. The largest absolute Gasteiger partial charge is 0.379 e. The molecule has 1 N–H and O–H groups in total. The van der Waals surface area contributed by atoms with Gasteiger partial charge in [-0.15, -0.1) is 0 Å². The number of amides is 2. The zero-order valence-corrected chi connectivity index (χ0v) is 18.8. The number of nitrogens with zero attached hydrogens (tertiary/aromatic N) is 2. The first-order chi connectivity index (χ1) is 15.3. The topological polar surface area (TPSA) is 96.0 Å². The molecule has 1 atom stereocenters. The molecule has 0 aromatic heterocycles. The maximum atomic E-state index is 12.8. The summed E-state index contributed by atoms with van der Waals surface area (Å²) in [6.07, 6.45) is -0.0214. The highest BCUT2D eigenvalue weighted by molar-refractivity contribution is 7.94. The van der Waals surface area contributed by atoms with E-state index in [9.17, 15) is 18.0 Å². The van der Waals surface area contributed by atoms with Gasteiger partial charge < -0.3 is 10.1 Å². The summed E-state index contributed by atoms with van der Waals surface area (Å²) in [4.78, 5) is 27.1. The molecule has 9 heteroatoms. The van der Waals surface area contributed by atoms with Gasteiger partial charge in [-0.2, -0.15) is 0 Å². The third kappa shape index (κ3) is 4.85.